The Labute approximate surface area is 142 Å². The van der Waals surface area contributed by atoms with Crippen LogP contribution in [0, 0.1) is 0 Å². The van der Waals surface area contributed by atoms with Crippen LogP contribution in [-0.2, 0) is 9.53 Å². The van der Waals surface area contributed by atoms with E-state index in [1.54, 1.807) is 19.2 Å². The molecular formula is C19H25NO4. The number of hydrogen-bond donors (Lipinski definition) is 1. The van der Waals surface area contributed by atoms with E-state index in [1.165, 1.54) is 0 Å². The van der Waals surface area contributed by atoms with E-state index >= 15 is 0 Å². The summed E-state index contributed by atoms with van der Waals surface area (Å²) in [5, 5.41) is 10.1. The number of rotatable bonds is 4. The van der Waals surface area contributed by atoms with Gasteiger partial charge in [0.1, 0.15) is 5.92 Å². The van der Waals surface area contributed by atoms with Gasteiger partial charge in [-0.25, -0.2) is 0 Å². The van der Waals surface area contributed by atoms with E-state index in [0.29, 0.717) is 24.3 Å². The molecule has 1 aliphatic heterocycles. The van der Waals surface area contributed by atoms with Crippen LogP contribution in [0.3, 0.4) is 0 Å². The summed E-state index contributed by atoms with van der Waals surface area (Å²) in [6.45, 7) is 0.857. The summed E-state index contributed by atoms with van der Waals surface area (Å²) >= 11 is 0. The fourth-order valence-electron chi connectivity index (χ4n) is 4.51. The first-order chi connectivity index (χ1) is 11.6. The molecular weight excluding hydrogens is 306 g/mol. The van der Waals surface area contributed by atoms with E-state index < -0.39 is 17.4 Å². The number of amides is 1. The highest BCUT2D eigenvalue weighted by atomic mass is 16.5. The Morgan fingerprint density at radius 3 is 2.54 bits per heavy atom. The Kier molecular flexibility index (Phi) is 4.90. The second-order valence-corrected chi connectivity index (χ2v) is 6.83. The van der Waals surface area contributed by atoms with Gasteiger partial charge in [0.25, 0.3) is 5.91 Å². The zero-order chi connectivity index (χ0) is 17.2. The van der Waals surface area contributed by atoms with Gasteiger partial charge in [-0.2, -0.15) is 0 Å². The summed E-state index contributed by atoms with van der Waals surface area (Å²) in [6.07, 6.45) is 5.61. The van der Waals surface area contributed by atoms with Crippen molar-refractivity contribution in [2.24, 2.45) is 0 Å². The number of methoxy groups -OCH3 is 1. The minimum Gasteiger partial charge on any atom is -0.481 e. The quantitative estimate of drug-likeness (QED) is 0.921. The summed E-state index contributed by atoms with van der Waals surface area (Å²) in [5.74, 6) is -1.55. The molecule has 130 valence electrons. The first kappa shape index (κ1) is 17.0. The van der Waals surface area contributed by atoms with Gasteiger partial charge >= 0.3 is 5.97 Å². The molecule has 5 nitrogen and oxygen atoms in total. The van der Waals surface area contributed by atoms with Crippen molar-refractivity contribution >= 4 is 11.9 Å². The molecule has 0 aromatic heterocycles. The van der Waals surface area contributed by atoms with E-state index in [0.717, 1.165) is 38.5 Å². The third kappa shape index (κ3) is 2.71. The highest BCUT2D eigenvalue weighted by Crippen LogP contribution is 2.48. The van der Waals surface area contributed by atoms with Crippen LogP contribution in [0.4, 0.5) is 0 Å². The van der Waals surface area contributed by atoms with Gasteiger partial charge < -0.3 is 14.7 Å². The molecule has 1 atom stereocenters. The second-order valence-electron chi connectivity index (χ2n) is 6.83. The number of aliphatic carboxylic acids is 1. The van der Waals surface area contributed by atoms with Gasteiger partial charge in [-0.3, -0.25) is 9.59 Å². The van der Waals surface area contributed by atoms with Crippen molar-refractivity contribution in [2.75, 3.05) is 20.3 Å². The molecule has 1 unspecified atom stereocenters. The standard InChI is InChI=1S/C19H25NO4/c1-24-13-12-20-17(21)15-9-5-4-8-14(15)16(18(22)23)19(20)10-6-2-3-7-11-19/h4-5,8-9,16H,2-3,6-7,10-13H2,1H3,(H,22,23). The maximum absolute atomic E-state index is 13.2. The van der Waals surface area contributed by atoms with Gasteiger partial charge in [0.15, 0.2) is 0 Å². The highest BCUT2D eigenvalue weighted by molar-refractivity contribution is 6.01. The predicted octanol–water partition coefficient (Wildman–Crippen LogP) is 3.05. The molecule has 1 heterocycles. The van der Waals surface area contributed by atoms with Crippen molar-refractivity contribution in [1.29, 1.82) is 0 Å². The number of nitrogens with zero attached hydrogens (tertiary/aromatic N) is 1. The molecule has 0 saturated heterocycles. The van der Waals surface area contributed by atoms with Gasteiger partial charge in [0, 0.05) is 19.2 Å². The lowest BCUT2D eigenvalue weighted by molar-refractivity contribution is -0.143. The lowest BCUT2D eigenvalue weighted by Gasteiger charge is -2.51. The predicted molar refractivity (Wildman–Crippen MR) is 90.2 cm³/mol. The summed E-state index contributed by atoms with van der Waals surface area (Å²) in [5.41, 5.74) is 0.563. The molecule has 5 heteroatoms. The van der Waals surface area contributed by atoms with E-state index in [-0.39, 0.29) is 5.91 Å². The minimum absolute atomic E-state index is 0.0537. The number of carbonyl (C=O) groups excluding carboxylic acids is 1. The number of carboxylic acid groups (broad SMARTS) is 1. The smallest absolute Gasteiger partial charge is 0.313 e. The van der Waals surface area contributed by atoms with Crippen LogP contribution in [0.2, 0.25) is 0 Å². The van der Waals surface area contributed by atoms with Crippen molar-refractivity contribution < 1.29 is 19.4 Å². The number of carbonyl (C=O) groups is 2. The number of benzene rings is 1. The monoisotopic (exact) mass is 331 g/mol. The van der Waals surface area contributed by atoms with Gasteiger partial charge in [-0.1, -0.05) is 43.9 Å². The molecule has 24 heavy (non-hydrogen) atoms. The summed E-state index contributed by atoms with van der Waals surface area (Å²) in [6, 6.07) is 7.19. The lowest BCUT2D eigenvalue weighted by Crippen LogP contribution is -2.61. The zero-order valence-electron chi connectivity index (χ0n) is 14.2. The molecule has 1 aliphatic carbocycles. The minimum atomic E-state index is -0.834. The normalized spacial score (nSPS) is 23.0. The van der Waals surface area contributed by atoms with Crippen molar-refractivity contribution in [3.05, 3.63) is 35.4 Å². The van der Waals surface area contributed by atoms with Crippen LogP contribution in [0.5, 0.6) is 0 Å². The average molecular weight is 331 g/mol. The molecule has 1 aromatic rings. The Morgan fingerprint density at radius 1 is 1.25 bits per heavy atom. The van der Waals surface area contributed by atoms with Gasteiger partial charge in [-0.15, -0.1) is 0 Å². The topological polar surface area (TPSA) is 66.8 Å². The van der Waals surface area contributed by atoms with Crippen LogP contribution in [0.15, 0.2) is 24.3 Å². The molecule has 3 rings (SSSR count). The summed E-state index contributed by atoms with van der Waals surface area (Å²) < 4.78 is 5.20. The first-order valence-corrected chi connectivity index (χ1v) is 8.74. The van der Waals surface area contributed by atoms with Crippen molar-refractivity contribution in [3.63, 3.8) is 0 Å². The average Bonchev–Trinajstić information content (AvgIpc) is 2.81. The number of ether oxygens (including phenoxy) is 1. The Hall–Kier alpha value is -1.88. The Bertz CT molecular complexity index is 620. The highest BCUT2D eigenvalue weighted by Gasteiger charge is 2.54. The molecule has 1 amide bonds. The van der Waals surface area contributed by atoms with Gasteiger partial charge in [-0.05, 0) is 24.5 Å². The third-order valence-electron chi connectivity index (χ3n) is 5.56. The molecule has 0 bridgehead atoms. The number of carboxylic acids is 1. The van der Waals surface area contributed by atoms with Crippen LogP contribution in [0.1, 0.15) is 60.4 Å². The van der Waals surface area contributed by atoms with E-state index in [9.17, 15) is 14.7 Å². The SMILES string of the molecule is COCCN1C(=O)c2ccccc2C(C(=O)O)C12CCCCCC2. The fourth-order valence-corrected chi connectivity index (χ4v) is 4.51. The fraction of sp³-hybridized carbons (Fsp3) is 0.579. The van der Waals surface area contributed by atoms with Crippen LogP contribution < -0.4 is 0 Å². The zero-order valence-corrected chi connectivity index (χ0v) is 14.2. The van der Waals surface area contributed by atoms with Gasteiger partial charge in [0.05, 0.1) is 12.1 Å². The maximum atomic E-state index is 13.2. The van der Waals surface area contributed by atoms with E-state index in [1.807, 2.05) is 17.0 Å². The molecule has 1 aromatic carbocycles. The first-order valence-electron chi connectivity index (χ1n) is 8.74. The van der Waals surface area contributed by atoms with Crippen molar-refractivity contribution in [2.45, 2.75) is 50.0 Å². The van der Waals surface area contributed by atoms with E-state index in [2.05, 4.69) is 0 Å². The lowest BCUT2D eigenvalue weighted by atomic mass is 9.68. The van der Waals surface area contributed by atoms with Crippen LogP contribution in [0.25, 0.3) is 0 Å². The molecule has 0 radical (unpaired) electrons. The molecule has 1 saturated carbocycles. The summed E-state index contributed by atoms with van der Waals surface area (Å²) in [4.78, 5) is 27.2. The Balaban J connectivity index is 2.15. The van der Waals surface area contributed by atoms with Crippen LogP contribution in [-0.4, -0.2) is 47.7 Å². The number of fused-ring (bicyclic) bond motifs is 1. The molecule has 1 spiro atoms. The largest absolute Gasteiger partial charge is 0.481 e. The van der Waals surface area contributed by atoms with Crippen LogP contribution >= 0.6 is 0 Å². The molecule has 2 aliphatic rings. The second kappa shape index (κ2) is 6.93. The van der Waals surface area contributed by atoms with Crippen molar-refractivity contribution in [1.82, 2.24) is 4.90 Å². The molecule has 1 fully saturated rings. The van der Waals surface area contributed by atoms with Gasteiger partial charge in [0.2, 0.25) is 0 Å². The third-order valence-corrected chi connectivity index (χ3v) is 5.56. The maximum Gasteiger partial charge on any atom is 0.313 e. The summed E-state index contributed by atoms with van der Waals surface area (Å²) in [7, 11) is 1.61. The van der Waals surface area contributed by atoms with E-state index in [4.69, 9.17) is 4.74 Å². The molecule has 1 N–H and O–H groups in total. The Morgan fingerprint density at radius 2 is 1.92 bits per heavy atom. The van der Waals surface area contributed by atoms with Crippen molar-refractivity contribution in [3.8, 4) is 0 Å². The number of hydrogen-bond acceptors (Lipinski definition) is 3.